The van der Waals surface area contributed by atoms with E-state index >= 15 is 0 Å². The average molecular weight is 457 g/mol. The second kappa shape index (κ2) is 9.02. The number of sulfone groups is 1. The van der Waals surface area contributed by atoms with Gasteiger partial charge in [0.2, 0.25) is 0 Å². The Bertz CT molecular complexity index is 1010. The normalized spacial score (nSPS) is 21.9. The molecule has 0 heterocycles. The lowest BCUT2D eigenvalue weighted by molar-refractivity contribution is -0.144. The van der Waals surface area contributed by atoms with Gasteiger partial charge in [-0.15, -0.1) is 0 Å². The predicted molar refractivity (Wildman–Crippen MR) is 110 cm³/mol. The number of carbonyl (C=O) groups is 1. The topological polar surface area (TPSA) is 60.4 Å². The van der Waals surface area contributed by atoms with Crippen molar-refractivity contribution in [2.75, 3.05) is 6.61 Å². The van der Waals surface area contributed by atoms with Crippen molar-refractivity contribution in [1.29, 1.82) is 0 Å². The molecule has 0 atom stereocenters. The van der Waals surface area contributed by atoms with E-state index in [2.05, 4.69) is 0 Å². The van der Waals surface area contributed by atoms with Crippen molar-refractivity contribution in [2.24, 2.45) is 5.92 Å². The third kappa shape index (κ3) is 4.37. The molecule has 30 heavy (non-hydrogen) atoms. The number of hydrogen-bond donors (Lipinski definition) is 0. The summed E-state index contributed by atoms with van der Waals surface area (Å²) < 4.78 is 59.5. The molecule has 162 valence electrons. The smallest absolute Gasteiger partial charge is 0.306 e. The molecule has 2 aromatic rings. The molecule has 1 fully saturated rings. The van der Waals surface area contributed by atoms with Gasteiger partial charge in [0, 0.05) is 17.0 Å². The van der Waals surface area contributed by atoms with Crippen LogP contribution >= 0.6 is 11.6 Å². The molecule has 1 saturated carbocycles. The monoisotopic (exact) mass is 456 g/mol. The van der Waals surface area contributed by atoms with Crippen molar-refractivity contribution in [3.63, 3.8) is 0 Å². The van der Waals surface area contributed by atoms with E-state index in [-0.39, 0.29) is 48.2 Å². The van der Waals surface area contributed by atoms with Crippen molar-refractivity contribution >= 4 is 27.4 Å². The first kappa shape index (κ1) is 22.7. The maximum Gasteiger partial charge on any atom is 0.306 e. The van der Waals surface area contributed by atoms with Crippen molar-refractivity contribution in [3.8, 4) is 0 Å². The van der Waals surface area contributed by atoms with Gasteiger partial charge in [0.05, 0.1) is 11.5 Å². The molecule has 0 amide bonds. The molecule has 0 aromatic heterocycles. The highest BCUT2D eigenvalue weighted by Gasteiger charge is 2.50. The van der Waals surface area contributed by atoms with Gasteiger partial charge in [0.15, 0.2) is 9.84 Å². The summed E-state index contributed by atoms with van der Waals surface area (Å²) in [5.41, 5.74) is -0.174. The minimum Gasteiger partial charge on any atom is -0.466 e. The third-order valence-corrected chi connectivity index (χ3v) is 8.53. The zero-order valence-electron chi connectivity index (χ0n) is 16.5. The molecule has 0 radical (unpaired) electrons. The fraction of sp³-hybridized carbons (Fsp3) is 0.409. The van der Waals surface area contributed by atoms with Crippen LogP contribution in [0.3, 0.4) is 0 Å². The summed E-state index contributed by atoms with van der Waals surface area (Å²) in [4.78, 5) is 11.8. The number of hydrogen-bond acceptors (Lipinski definition) is 4. The summed E-state index contributed by atoms with van der Waals surface area (Å²) in [7, 11) is -4.08. The van der Waals surface area contributed by atoms with Crippen LogP contribution in [-0.4, -0.2) is 21.0 Å². The van der Waals surface area contributed by atoms with Gasteiger partial charge in [-0.1, -0.05) is 11.6 Å². The van der Waals surface area contributed by atoms with Gasteiger partial charge in [-0.3, -0.25) is 4.79 Å². The predicted octanol–water partition coefficient (Wildman–Crippen LogP) is 5.43. The van der Waals surface area contributed by atoms with Crippen LogP contribution in [0.2, 0.25) is 5.02 Å². The van der Waals surface area contributed by atoms with Gasteiger partial charge in [0.25, 0.3) is 0 Å². The highest BCUT2D eigenvalue weighted by atomic mass is 35.5. The maximum absolute atomic E-state index is 14.8. The molecule has 0 unspecified atom stereocenters. The zero-order chi connectivity index (χ0) is 21.9. The average Bonchev–Trinajstić information content (AvgIpc) is 2.71. The van der Waals surface area contributed by atoms with Gasteiger partial charge in [0.1, 0.15) is 16.4 Å². The van der Waals surface area contributed by atoms with E-state index in [1.165, 1.54) is 24.3 Å². The Balaban J connectivity index is 2.02. The van der Waals surface area contributed by atoms with Crippen LogP contribution in [0.15, 0.2) is 47.4 Å². The molecule has 0 saturated heterocycles. The van der Waals surface area contributed by atoms with Crippen LogP contribution in [0.4, 0.5) is 8.78 Å². The summed E-state index contributed by atoms with van der Waals surface area (Å²) in [5, 5.41) is 0.373. The molecule has 8 heteroatoms. The molecule has 1 aliphatic rings. The van der Waals surface area contributed by atoms with Gasteiger partial charge in [-0.2, -0.15) is 0 Å². The van der Waals surface area contributed by atoms with Crippen molar-refractivity contribution in [3.05, 3.63) is 64.7 Å². The number of halogens is 3. The van der Waals surface area contributed by atoms with Crippen LogP contribution < -0.4 is 0 Å². The molecule has 0 bridgehead atoms. The summed E-state index contributed by atoms with van der Waals surface area (Å²) in [5.74, 6) is -1.88. The summed E-state index contributed by atoms with van der Waals surface area (Å²) in [6, 6.07) is 8.55. The first-order valence-electron chi connectivity index (χ1n) is 9.81. The highest BCUT2D eigenvalue weighted by Crippen LogP contribution is 2.49. The SMILES string of the molecule is CCOC(=O)C[C@H]1CC[C@](c2cc(F)ccc2F)(S(=O)(=O)c2ccc(Cl)cc2)CC1. The Morgan fingerprint density at radius 2 is 1.77 bits per heavy atom. The molecule has 2 aromatic carbocycles. The molecular formula is C22H23ClF2O4S. The molecule has 4 nitrogen and oxygen atoms in total. The van der Waals surface area contributed by atoms with E-state index in [0.29, 0.717) is 17.9 Å². The fourth-order valence-electron chi connectivity index (χ4n) is 4.17. The molecule has 0 spiro atoms. The van der Waals surface area contributed by atoms with Crippen LogP contribution in [-0.2, 0) is 24.1 Å². The van der Waals surface area contributed by atoms with Crippen molar-refractivity contribution in [2.45, 2.75) is 48.7 Å². The van der Waals surface area contributed by atoms with Gasteiger partial charge in [-0.05, 0) is 81.0 Å². The van der Waals surface area contributed by atoms with Crippen molar-refractivity contribution in [1.82, 2.24) is 0 Å². The maximum atomic E-state index is 14.8. The standard InChI is InChI=1S/C22H23ClF2O4S/c1-2-29-21(26)13-15-9-11-22(12-10-15,19-14-17(24)5-8-20(19)25)30(27,28)18-6-3-16(23)4-7-18/h3-8,14-15H,2,9-13H2,1H3/t15-,22-. The van der Waals surface area contributed by atoms with E-state index in [4.69, 9.17) is 16.3 Å². The minimum atomic E-state index is -4.08. The van der Waals surface area contributed by atoms with E-state index < -0.39 is 26.2 Å². The Labute approximate surface area is 180 Å². The van der Waals surface area contributed by atoms with Gasteiger partial charge in [-0.25, -0.2) is 17.2 Å². The molecular weight excluding hydrogens is 434 g/mol. The second-order valence-corrected chi connectivity index (χ2v) is 10.2. The Morgan fingerprint density at radius 3 is 2.37 bits per heavy atom. The molecule has 0 aliphatic heterocycles. The Hall–Kier alpha value is -1.99. The lowest BCUT2D eigenvalue weighted by atomic mass is 9.76. The van der Waals surface area contributed by atoms with Gasteiger partial charge >= 0.3 is 5.97 Å². The lowest BCUT2D eigenvalue weighted by Crippen LogP contribution is -2.41. The second-order valence-electron chi connectivity index (χ2n) is 7.53. The summed E-state index contributed by atoms with van der Waals surface area (Å²) >= 11 is 5.89. The van der Waals surface area contributed by atoms with Crippen LogP contribution in [0, 0.1) is 17.6 Å². The quantitative estimate of drug-likeness (QED) is 0.544. The van der Waals surface area contributed by atoms with E-state index in [1.54, 1.807) is 6.92 Å². The van der Waals surface area contributed by atoms with E-state index in [1.807, 2.05) is 0 Å². The Kier molecular flexibility index (Phi) is 6.82. The Morgan fingerprint density at radius 1 is 1.13 bits per heavy atom. The first-order chi connectivity index (χ1) is 14.2. The fourth-order valence-corrected chi connectivity index (χ4v) is 6.46. The third-order valence-electron chi connectivity index (χ3n) is 5.73. The number of rotatable bonds is 6. The molecule has 0 N–H and O–H groups in total. The highest BCUT2D eigenvalue weighted by molar-refractivity contribution is 7.92. The molecule has 1 aliphatic carbocycles. The summed E-state index contributed by atoms with van der Waals surface area (Å²) in [6.45, 7) is 1.99. The van der Waals surface area contributed by atoms with Crippen LogP contribution in [0.5, 0.6) is 0 Å². The van der Waals surface area contributed by atoms with Gasteiger partial charge < -0.3 is 4.74 Å². The van der Waals surface area contributed by atoms with E-state index in [0.717, 1.165) is 18.2 Å². The number of esters is 1. The molecule has 3 rings (SSSR count). The van der Waals surface area contributed by atoms with Crippen molar-refractivity contribution < 1.29 is 26.7 Å². The largest absolute Gasteiger partial charge is 0.466 e. The zero-order valence-corrected chi connectivity index (χ0v) is 18.1. The first-order valence-corrected chi connectivity index (χ1v) is 11.7. The van der Waals surface area contributed by atoms with Crippen LogP contribution in [0.1, 0.15) is 44.6 Å². The number of carbonyl (C=O) groups excluding carboxylic acids is 1. The summed E-state index contributed by atoms with van der Waals surface area (Å²) in [6.07, 6.45) is 1.07. The van der Waals surface area contributed by atoms with Crippen LogP contribution in [0.25, 0.3) is 0 Å². The van der Waals surface area contributed by atoms with E-state index in [9.17, 15) is 22.0 Å². The number of benzene rings is 2. The minimum absolute atomic E-state index is 0.000552. The number of ether oxygens (including phenoxy) is 1. The lowest BCUT2D eigenvalue weighted by Gasteiger charge is -2.40.